The zero-order valence-electron chi connectivity index (χ0n) is 8.68. The molecule has 1 fully saturated rings. The summed E-state index contributed by atoms with van der Waals surface area (Å²) in [5.41, 5.74) is 2.35. The van der Waals surface area contributed by atoms with Crippen molar-refractivity contribution in [2.24, 2.45) is 5.92 Å². The van der Waals surface area contributed by atoms with Crippen LogP contribution in [0.3, 0.4) is 0 Å². The molecule has 0 spiro atoms. The van der Waals surface area contributed by atoms with Crippen molar-refractivity contribution in [3.63, 3.8) is 0 Å². The average molecular weight is 210 g/mol. The third-order valence-corrected chi connectivity index (χ3v) is 3.64. The fourth-order valence-corrected chi connectivity index (χ4v) is 2.02. The third-order valence-electron chi connectivity index (χ3n) is 3.23. The first kappa shape index (κ1) is 9.85. The van der Waals surface area contributed by atoms with Gasteiger partial charge in [0.1, 0.15) is 0 Å². The van der Waals surface area contributed by atoms with Gasteiger partial charge in [-0.15, -0.1) is 0 Å². The summed E-state index contributed by atoms with van der Waals surface area (Å²) >= 11 is 6.05. The minimum atomic E-state index is 0.646. The SMILES string of the molecule is Cc1c(Cl)cccc1NC1CCC1C. The van der Waals surface area contributed by atoms with Crippen LogP contribution in [0.15, 0.2) is 18.2 Å². The molecule has 2 unspecified atom stereocenters. The zero-order chi connectivity index (χ0) is 10.1. The summed E-state index contributed by atoms with van der Waals surface area (Å²) in [6, 6.07) is 6.69. The molecule has 0 aromatic heterocycles. The Hall–Kier alpha value is -0.690. The van der Waals surface area contributed by atoms with Crippen LogP contribution in [-0.4, -0.2) is 6.04 Å². The van der Waals surface area contributed by atoms with Gasteiger partial charge in [0.2, 0.25) is 0 Å². The molecule has 0 amide bonds. The molecule has 1 saturated carbocycles. The molecule has 1 nitrogen and oxygen atoms in total. The van der Waals surface area contributed by atoms with Gasteiger partial charge in [0.25, 0.3) is 0 Å². The molecule has 0 bridgehead atoms. The Labute approximate surface area is 90.5 Å². The molecule has 2 heteroatoms. The second-order valence-electron chi connectivity index (χ2n) is 4.22. The highest BCUT2D eigenvalue weighted by molar-refractivity contribution is 6.31. The van der Waals surface area contributed by atoms with Crippen molar-refractivity contribution in [3.05, 3.63) is 28.8 Å². The van der Waals surface area contributed by atoms with Crippen molar-refractivity contribution in [2.75, 3.05) is 5.32 Å². The molecule has 0 aliphatic heterocycles. The average Bonchev–Trinajstić information content (AvgIpc) is 2.18. The van der Waals surface area contributed by atoms with E-state index in [4.69, 9.17) is 11.6 Å². The topological polar surface area (TPSA) is 12.0 Å². The number of nitrogens with one attached hydrogen (secondary N) is 1. The number of anilines is 1. The fourth-order valence-electron chi connectivity index (χ4n) is 1.84. The van der Waals surface area contributed by atoms with E-state index in [-0.39, 0.29) is 0 Å². The summed E-state index contributed by atoms with van der Waals surface area (Å²) in [4.78, 5) is 0. The fraction of sp³-hybridized carbons (Fsp3) is 0.500. The summed E-state index contributed by atoms with van der Waals surface area (Å²) in [7, 11) is 0. The number of hydrogen-bond acceptors (Lipinski definition) is 1. The normalized spacial score (nSPS) is 25.6. The Morgan fingerprint density at radius 2 is 2.14 bits per heavy atom. The highest BCUT2D eigenvalue weighted by atomic mass is 35.5. The van der Waals surface area contributed by atoms with Gasteiger partial charge in [-0.1, -0.05) is 24.6 Å². The molecule has 1 aromatic rings. The molecule has 0 radical (unpaired) electrons. The van der Waals surface area contributed by atoms with Crippen LogP contribution in [0, 0.1) is 12.8 Å². The van der Waals surface area contributed by atoms with E-state index in [1.54, 1.807) is 0 Å². The third kappa shape index (κ3) is 1.74. The van der Waals surface area contributed by atoms with E-state index in [2.05, 4.69) is 25.2 Å². The van der Waals surface area contributed by atoms with Crippen molar-refractivity contribution < 1.29 is 0 Å². The lowest BCUT2D eigenvalue weighted by atomic mass is 9.81. The first-order valence-electron chi connectivity index (χ1n) is 5.20. The smallest absolute Gasteiger partial charge is 0.0455 e. The molecule has 14 heavy (non-hydrogen) atoms. The molecule has 2 rings (SSSR count). The first-order chi connectivity index (χ1) is 6.68. The van der Waals surface area contributed by atoms with E-state index in [1.165, 1.54) is 18.5 Å². The molecule has 0 saturated heterocycles. The van der Waals surface area contributed by atoms with E-state index < -0.39 is 0 Å². The van der Waals surface area contributed by atoms with Gasteiger partial charge in [0.15, 0.2) is 0 Å². The molecular formula is C12H16ClN. The Morgan fingerprint density at radius 1 is 1.36 bits per heavy atom. The van der Waals surface area contributed by atoms with Crippen LogP contribution in [-0.2, 0) is 0 Å². The molecular weight excluding hydrogens is 194 g/mol. The minimum Gasteiger partial charge on any atom is -0.382 e. The Bertz CT molecular complexity index is 335. The van der Waals surface area contributed by atoms with Crippen LogP contribution in [0.2, 0.25) is 5.02 Å². The largest absolute Gasteiger partial charge is 0.382 e. The van der Waals surface area contributed by atoms with Crippen molar-refractivity contribution in [3.8, 4) is 0 Å². The summed E-state index contributed by atoms with van der Waals surface area (Å²) in [5, 5.41) is 4.40. The molecule has 1 aliphatic rings. The van der Waals surface area contributed by atoms with Crippen LogP contribution in [0.1, 0.15) is 25.3 Å². The van der Waals surface area contributed by atoms with Crippen LogP contribution in [0.5, 0.6) is 0 Å². The highest BCUT2D eigenvalue weighted by Gasteiger charge is 2.26. The minimum absolute atomic E-state index is 0.646. The Kier molecular flexibility index (Phi) is 2.69. The summed E-state index contributed by atoms with van der Waals surface area (Å²) in [6.45, 7) is 4.36. The molecule has 0 heterocycles. The van der Waals surface area contributed by atoms with Crippen molar-refractivity contribution in [1.29, 1.82) is 0 Å². The lowest BCUT2D eigenvalue weighted by molar-refractivity contribution is 0.303. The van der Waals surface area contributed by atoms with Crippen molar-refractivity contribution >= 4 is 17.3 Å². The van der Waals surface area contributed by atoms with Gasteiger partial charge in [-0.25, -0.2) is 0 Å². The maximum absolute atomic E-state index is 6.05. The van der Waals surface area contributed by atoms with E-state index in [0.29, 0.717) is 6.04 Å². The second kappa shape index (κ2) is 3.82. The standard InChI is InChI=1S/C12H16ClN/c1-8-6-7-11(8)14-12-5-3-4-10(13)9(12)2/h3-5,8,11,14H,6-7H2,1-2H3. The molecule has 76 valence electrons. The maximum atomic E-state index is 6.05. The van der Waals surface area contributed by atoms with Crippen LogP contribution in [0.25, 0.3) is 0 Å². The van der Waals surface area contributed by atoms with E-state index in [0.717, 1.165) is 16.5 Å². The Balaban J connectivity index is 2.12. The van der Waals surface area contributed by atoms with Gasteiger partial charge >= 0.3 is 0 Å². The van der Waals surface area contributed by atoms with Gasteiger partial charge in [-0.05, 0) is 43.4 Å². The molecule has 1 N–H and O–H groups in total. The summed E-state index contributed by atoms with van der Waals surface area (Å²) < 4.78 is 0. The van der Waals surface area contributed by atoms with Gasteiger partial charge in [-0.2, -0.15) is 0 Å². The second-order valence-corrected chi connectivity index (χ2v) is 4.63. The van der Waals surface area contributed by atoms with Gasteiger partial charge in [0, 0.05) is 16.8 Å². The number of rotatable bonds is 2. The summed E-state index contributed by atoms with van der Waals surface area (Å²) in [6.07, 6.45) is 2.63. The number of halogens is 1. The van der Waals surface area contributed by atoms with E-state index >= 15 is 0 Å². The van der Waals surface area contributed by atoms with Gasteiger partial charge < -0.3 is 5.32 Å². The zero-order valence-corrected chi connectivity index (χ0v) is 9.43. The van der Waals surface area contributed by atoms with E-state index in [1.807, 2.05) is 12.1 Å². The predicted octanol–water partition coefficient (Wildman–Crippen LogP) is 3.86. The quantitative estimate of drug-likeness (QED) is 0.780. The van der Waals surface area contributed by atoms with Crippen LogP contribution < -0.4 is 5.32 Å². The maximum Gasteiger partial charge on any atom is 0.0455 e. The summed E-state index contributed by atoms with van der Waals surface area (Å²) in [5.74, 6) is 0.799. The molecule has 1 aromatic carbocycles. The van der Waals surface area contributed by atoms with Crippen molar-refractivity contribution in [2.45, 2.75) is 32.7 Å². The molecule has 2 atom stereocenters. The highest BCUT2D eigenvalue weighted by Crippen LogP contribution is 2.32. The predicted molar refractivity (Wildman–Crippen MR) is 62.0 cm³/mol. The first-order valence-corrected chi connectivity index (χ1v) is 5.58. The Morgan fingerprint density at radius 3 is 2.71 bits per heavy atom. The lowest BCUT2D eigenvalue weighted by Crippen LogP contribution is -2.36. The lowest BCUT2D eigenvalue weighted by Gasteiger charge is -2.35. The van der Waals surface area contributed by atoms with Crippen molar-refractivity contribution in [1.82, 2.24) is 0 Å². The van der Waals surface area contributed by atoms with E-state index in [9.17, 15) is 0 Å². The number of benzene rings is 1. The van der Waals surface area contributed by atoms with Crippen LogP contribution in [0.4, 0.5) is 5.69 Å². The molecule has 1 aliphatic carbocycles. The van der Waals surface area contributed by atoms with Gasteiger partial charge in [-0.3, -0.25) is 0 Å². The van der Waals surface area contributed by atoms with Gasteiger partial charge in [0.05, 0.1) is 0 Å². The van der Waals surface area contributed by atoms with Crippen LogP contribution >= 0.6 is 11.6 Å². The number of hydrogen-bond donors (Lipinski definition) is 1. The monoisotopic (exact) mass is 209 g/mol.